The Morgan fingerprint density at radius 1 is 1.43 bits per heavy atom. The molecule has 1 aromatic heterocycles. The van der Waals surface area contributed by atoms with Gasteiger partial charge < -0.3 is 15.2 Å². The van der Waals surface area contributed by atoms with Crippen LogP contribution in [-0.4, -0.2) is 34.6 Å². The fourth-order valence-electron chi connectivity index (χ4n) is 2.25. The maximum atomic E-state index is 12.7. The van der Waals surface area contributed by atoms with Crippen molar-refractivity contribution >= 4 is 23.5 Å². The molecule has 126 valence electrons. The number of amides is 1. The Bertz CT molecular complexity index is 630. The number of carbonyl (C=O) groups excluding carboxylic acids is 2. The number of nitrogens with zero attached hydrogens (tertiary/aromatic N) is 2. The summed E-state index contributed by atoms with van der Waals surface area (Å²) in [6.45, 7) is 8.63. The molecule has 0 spiro atoms. The normalized spacial score (nSPS) is 18.7. The average molecular weight is 321 g/mol. The van der Waals surface area contributed by atoms with E-state index < -0.39 is 17.6 Å². The van der Waals surface area contributed by atoms with Crippen LogP contribution in [0, 0.1) is 0 Å². The van der Waals surface area contributed by atoms with E-state index >= 15 is 0 Å². The summed E-state index contributed by atoms with van der Waals surface area (Å²) >= 11 is 0. The Morgan fingerprint density at radius 2 is 2.09 bits per heavy atom. The number of rotatable bonds is 4. The molecule has 1 aliphatic rings. The third kappa shape index (κ3) is 3.23. The summed E-state index contributed by atoms with van der Waals surface area (Å²) in [6.07, 6.45) is 0.477. The van der Waals surface area contributed by atoms with Crippen LogP contribution in [-0.2, 0) is 14.3 Å². The van der Waals surface area contributed by atoms with Gasteiger partial charge in [-0.25, -0.2) is 9.78 Å². The van der Waals surface area contributed by atoms with E-state index in [2.05, 4.69) is 4.98 Å². The maximum absolute atomic E-state index is 12.7. The molecule has 1 aliphatic heterocycles. The van der Waals surface area contributed by atoms with E-state index in [0.717, 1.165) is 0 Å². The molecule has 2 rings (SSSR count). The van der Waals surface area contributed by atoms with Gasteiger partial charge >= 0.3 is 5.97 Å². The molecule has 23 heavy (non-hydrogen) atoms. The van der Waals surface area contributed by atoms with Crippen molar-refractivity contribution in [2.45, 2.75) is 58.8 Å². The summed E-state index contributed by atoms with van der Waals surface area (Å²) in [5, 5.41) is 0. The number of nitrogens with two attached hydrogens (primary N) is 1. The predicted molar refractivity (Wildman–Crippen MR) is 86.1 cm³/mol. The van der Waals surface area contributed by atoms with E-state index in [1.807, 2.05) is 6.92 Å². The molecule has 7 nitrogen and oxygen atoms in total. The van der Waals surface area contributed by atoms with Gasteiger partial charge in [-0.2, -0.15) is 0 Å². The number of nitrogen functional groups attached to an aromatic ring is 1. The minimum atomic E-state index is -1.10. The van der Waals surface area contributed by atoms with Gasteiger partial charge in [-0.1, -0.05) is 6.92 Å². The zero-order chi connectivity index (χ0) is 17.4. The number of esters is 1. The Morgan fingerprint density at radius 3 is 2.70 bits per heavy atom. The molecular weight excluding hydrogens is 298 g/mol. The topological polar surface area (TPSA) is 94.8 Å². The Hall–Kier alpha value is -2.31. The smallest absolute Gasteiger partial charge is 0.329 e. The summed E-state index contributed by atoms with van der Waals surface area (Å²) in [7, 11) is 0. The number of carbonyl (C=O) groups is 2. The second-order valence-corrected chi connectivity index (χ2v) is 6.18. The molecule has 2 atom stereocenters. The molecule has 0 bridgehead atoms. The SMILES string of the molecule is CCC(C)OC(=O)C(C)N1C(=O)C(C)(C)Oc2ccc(N)nc21. The van der Waals surface area contributed by atoms with E-state index in [4.69, 9.17) is 15.2 Å². The van der Waals surface area contributed by atoms with Gasteiger partial charge in [-0.05, 0) is 46.2 Å². The first-order valence-corrected chi connectivity index (χ1v) is 7.67. The van der Waals surface area contributed by atoms with Gasteiger partial charge in [0.15, 0.2) is 17.2 Å². The van der Waals surface area contributed by atoms with Crippen molar-refractivity contribution in [1.29, 1.82) is 0 Å². The van der Waals surface area contributed by atoms with Crippen LogP contribution in [0.2, 0.25) is 0 Å². The second kappa shape index (κ2) is 6.06. The van der Waals surface area contributed by atoms with Gasteiger partial charge in [0.2, 0.25) is 0 Å². The molecule has 0 saturated heterocycles. The third-order valence-corrected chi connectivity index (χ3v) is 3.81. The molecule has 0 fully saturated rings. The van der Waals surface area contributed by atoms with Gasteiger partial charge in [0.25, 0.3) is 5.91 Å². The first-order chi connectivity index (χ1) is 10.7. The monoisotopic (exact) mass is 321 g/mol. The fraction of sp³-hybridized carbons (Fsp3) is 0.562. The third-order valence-electron chi connectivity index (χ3n) is 3.81. The van der Waals surface area contributed by atoms with Crippen LogP contribution in [0.5, 0.6) is 5.75 Å². The van der Waals surface area contributed by atoms with Crippen LogP contribution >= 0.6 is 0 Å². The van der Waals surface area contributed by atoms with Gasteiger partial charge in [0, 0.05) is 0 Å². The van der Waals surface area contributed by atoms with Crippen LogP contribution in [0.4, 0.5) is 11.6 Å². The highest BCUT2D eigenvalue weighted by Gasteiger charge is 2.45. The summed E-state index contributed by atoms with van der Waals surface area (Å²) < 4.78 is 11.0. The average Bonchev–Trinajstić information content (AvgIpc) is 2.48. The molecular formula is C16H23N3O4. The quantitative estimate of drug-likeness (QED) is 0.851. The lowest BCUT2D eigenvalue weighted by molar-refractivity contribution is -0.151. The van der Waals surface area contributed by atoms with Gasteiger partial charge in [0.05, 0.1) is 6.10 Å². The highest BCUT2D eigenvalue weighted by Crippen LogP contribution is 2.38. The Kier molecular flexibility index (Phi) is 4.49. The van der Waals surface area contributed by atoms with Gasteiger partial charge in [-0.3, -0.25) is 9.69 Å². The first-order valence-electron chi connectivity index (χ1n) is 7.67. The van der Waals surface area contributed by atoms with Crippen molar-refractivity contribution in [2.75, 3.05) is 10.6 Å². The van der Waals surface area contributed by atoms with Crippen molar-refractivity contribution in [3.05, 3.63) is 12.1 Å². The molecule has 0 radical (unpaired) electrons. The van der Waals surface area contributed by atoms with Crippen LogP contribution in [0.15, 0.2) is 12.1 Å². The van der Waals surface area contributed by atoms with Gasteiger partial charge in [0.1, 0.15) is 11.9 Å². The van der Waals surface area contributed by atoms with E-state index in [0.29, 0.717) is 12.2 Å². The Balaban J connectivity index is 2.41. The summed E-state index contributed by atoms with van der Waals surface area (Å²) in [5.74, 6) is 0.0412. The largest absolute Gasteiger partial charge is 0.474 e. The number of anilines is 2. The van der Waals surface area contributed by atoms with E-state index in [9.17, 15) is 9.59 Å². The van der Waals surface area contributed by atoms with Crippen molar-refractivity contribution < 1.29 is 19.1 Å². The van der Waals surface area contributed by atoms with Crippen LogP contribution in [0.3, 0.4) is 0 Å². The van der Waals surface area contributed by atoms with Crippen molar-refractivity contribution in [3.8, 4) is 5.75 Å². The fourth-order valence-corrected chi connectivity index (χ4v) is 2.25. The van der Waals surface area contributed by atoms with E-state index in [1.165, 1.54) is 4.90 Å². The van der Waals surface area contributed by atoms with Crippen LogP contribution in [0.1, 0.15) is 41.0 Å². The lowest BCUT2D eigenvalue weighted by atomic mass is 10.0. The van der Waals surface area contributed by atoms with Gasteiger partial charge in [-0.15, -0.1) is 0 Å². The number of pyridine rings is 1. The van der Waals surface area contributed by atoms with Crippen LogP contribution < -0.4 is 15.4 Å². The Labute approximate surface area is 135 Å². The number of aromatic nitrogens is 1. The maximum Gasteiger partial charge on any atom is 0.329 e. The zero-order valence-electron chi connectivity index (χ0n) is 14.1. The molecule has 0 aliphatic carbocycles. The molecule has 7 heteroatoms. The van der Waals surface area contributed by atoms with Crippen LogP contribution in [0.25, 0.3) is 0 Å². The minimum Gasteiger partial charge on any atom is -0.474 e. The molecule has 1 aromatic rings. The van der Waals surface area contributed by atoms with Crippen molar-refractivity contribution in [2.24, 2.45) is 0 Å². The molecule has 2 N–H and O–H groups in total. The lowest BCUT2D eigenvalue weighted by Gasteiger charge is -2.40. The van der Waals surface area contributed by atoms with Crippen molar-refractivity contribution in [3.63, 3.8) is 0 Å². The van der Waals surface area contributed by atoms with E-state index in [1.54, 1.807) is 39.8 Å². The number of hydrogen-bond acceptors (Lipinski definition) is 6. The highest BCUT2D eigenvalue weighted by molar-refractivity contribution is 6.05. The summed E-state index contributed by atoms with van der Waals surface area (Å²) in [6, 6.07) is 2.41. The zero-order valence-corrected chi connectivity index (χ0v) is 14.1. The number of fused-ring (bicyclic) bond motifs is 1. The van der Waals surface area contributed by atoms with Crippen molar-refractivity contribution in [1.82, 2.24) is 4.98 Å². The minimum absolute atomic E-state index is 0.220. The summed E-state index contributed by atoms with van der Waals surface area (Å²) in [4.78, 5) is 30.6. The lowest BCUT2D eigenvalue weighted by Crippen LogP contribution is -2.57. The number of ether oxygens (including phenoxy) is 2. The molecule has 2 unspecified atom stereocenters. The highest BCUT2D eigenvalue weighted by atomic mass is 16.5. The number of hydrogen-bond donors (Lipinski definition) is 1. The predicted octanol–water partition coefficient (Wildman–Crippen LogP) is 1.90. The second-order valence-electron chi connectivity index (χ2n) is 6.18. The molecule has 0 saturated carbocycles. The standard InChI is InChI=1S/C16H23N3O4/c1-6-9(2)22-14(20)10(3)19-13-11(7-8-12(17)18-13)23-16(4,5)15(19)21/h7-10H,6H2,1-5H3,(H2,17,18). The van der Waals surface area contributed by atoms with E-state index in [-0.39, 0.29) is 23.6 Å². The molecule has 1 amide bonds. The first kappa shape index (κ1) is 17.1. The molecule has 2 heterocycles. The summed E-state index contributed by atoms with van der Waals surface area (Å²) in [5.41, 5.74) is 4.61. The molecule has 0 aromatic carbocycles.